The molecule has 0 atom stereocenters. The van der Waals surface area contributed by atoms with E-state index in [9.17, 15) is 9.59 Å². The van der Waals surface area contributed by atoms with Crippen LogP contribution >= 0.6 is 11.6 Å². The minimum atomic E-state index is -0.271. The quantitative estimate of drug-likeness (QED) is 0.885. The summed E-state index contributed by atoms with van der Waals surface area (Å²) in [6, 6.07) is 7.59. The molecule has 1 aromatic rings. The molecule has 3 amide bonds. The van der Waals surface area contributed by atoms with Crippen molar-refractivity contribution in [3.05, 3.63) is 34.9 Å². The lowest BCUT2D eigenvalue weighted by Crippen LogP contribution is -2.48. The number of nitrogens with zero attached hydrogens (tertiary/aromatic N) is 1. The number of primary amides is 1. The summed E-state index contributed by atoms with van der Waals surface area (Å²) in [5.74, 6) is -0.380. The van der Waals surface area contributed by atoms with Crippen molar-refractivity contribution in [3.8, 4) is 0 Å². The van der Waals surface area contributed by atoms with Crippen LogP contribution in [0.5, 0.6) is 0 Å². The van der Waals surface area contributed by atoms with Crippen molar-refractivity contribution in [2.45, 2.75) is 32.1 Å². The molecule has 0 unspecified atom stereocenters. The largest absolute Gasteiger partial charge is 0.369 e. The fourth-order valence-corrected chi connectivity index (χ4v) is 2.98. The number of likely N-dealkylation sites (tertiary alicyclic amines) is 1. The van der Waals surface area contributed by atoms with Crippen LogP contribution in [0.4, 0.5) is 4.79 Å². The average molecular weight is 338 g/mol. The fraction of sp³-hybridized carbons (Fsp3) is 0.529. The van der Waals surface area contributed by atoms with Crippen LogP contribution in [0.25, 0.3) is 0 Å². The molecule has 0 spiro atoms. The van der Waals surface area contributed by atoms with E-state index in [4.69, 9.17) is 17.3 Å². The molecular formula is C17H24ClN3O2. The third-order valence-electron chi connectivity index (χ3n) is 4.47. The minimum absolute atomic E-state index is 0.0944. The molecule has 0 radical (unpaired) electrons. The molecule has 3 N–H and O–H groups in total. The molecule has 1 heterocycles. The van der Waals surface area contributed by atoms with Crippen LogP contribution in [0.1, 0.15) is 32.3 Å². The lowest BCUT2D eigenvalue weighted by molar-refractivity contribution is -0.123. The lowest BCUT2D eigenvalue weighted by atomic mass is 9.84. The van der Waals surface area contributed by atoms with Crippen molar-refractivity contribution in [1.29, 1.82) is 0 Å². The Labute approximate surface area is 142 Å². The number of amides is 3. The zero-order valence-electron chi connectivity index (χ0n) is 13.6. The molecule has 23 heavy (non-hydrogen) atoms. The number of piperidine rings is 1. The fourth-order valence-electron chi connectivity index (χ4n) is 2.79. The topological polar surface area (TPSA) is 75.4 Å². The summed E-state index contributed by atoms with van der Waals surface area (Å²) in [6.45, 7) is 5.78. The van der Waals surface area contributed by atoms with Crippen molar-refractivity contribution < 1.29 is 9.59 Å². The van der Waals surface area contributed by atoms with Gasteiger partial charge in [0.2, 0.25) is 5.91 Å². The SMILES string of the molecule is CC(C)(CNC(=O)N1CCC(C(N)=O)CC1)c1cccc(Cl)c1. The second-order valence-electron chi connectivity index (χ2n) is 6.72. The van der Waals surface area contributed by atoms with Crippen molar-refractivity contribution in [3.63, 3.8) is 0 Å². The standard InChI is InChI=1S/C17H24ClN3O2/c1-17(2,13-4-3-5-14(18)10-13)11-20-16(23)21-8-6-12(7-9-21)15(19)22/h3-5,10,12H,6-9,11H2,1-2H3,(H2,19,22)(H,20,23). The van der Waals surface area contributed by atoms with Gasteiger partial charge in [-0.3, -0.25) is 4.79 Å². The van der Waals surface area contributed by atoms with E-state index in [0.717, 1.165) is 5.56 Å². The van der Waals surface area contributed by atoms with Crippen LogP contribution in [0, 0.1) is 5.92 Å². The molecule has 1 saturated heterocycles. The van der Waals surface area contributed by atoms with E-state index in [1.54, 1.807) is 4.90 Å². The van der Waals surface area contributed by atoms with Gasteiger partial charge in [-0.2, -0.15) is 0 Å². The van der Waals surface area contributed by atoms with Gasteiger partial charge in [-0.15, -0.1) is 0 Å². The molecule has 2 rings (SSSR count). The van der Waals surface area contributed by atoms with E-state index >= 15 is 0 Å². The molecule has 0 bridgehead atoms. The first-order valence-electron chi connectivity index (χ1n) is 7.88. The van der Waals surface area contributed by atoms with Gasteiger partial charge in [0.1, 0.15) is 0 Å². The zero-order valence-corrected chi connectivity index (χ0v) is 14.4. The van der Waals surface area contributed by atoms with Gasteiger partial charge < -0.3 is 16.0 Å². The summed E-state index contributed by atoms with van der Waals surface area (Å²) in [5, 5.41) is 3.67. The van der Waals surface area contributed by atoms with Gasteiger partial charge in [-0.1, -0.05) is 37.6 Å². The average Bonchev–Trinajstić information content (AvgIpc) is 2.53. The first kappa shape index (κ1) is 17.6. The van der Waals surface area contributed by atoms with Crippen LogP contribution in [-0.2, 0) is 10.2 Å². The van der Waals surface area contributed by atoms with E-state index in [0.29, 0.717) is 37.5 Å². The van der Waals surface area contributed by atoms with E-state index in [2.05, 4.69) is 19.2 Å². The van der Waals surface area contributed by atoms with E-state index in [1.165, 1.54) is 0 Å². The highest BCUT2D eigenvalue weighted by atomic mass is 35.5. The van der Waals surface area contributed by atoms with Gasteiger partial charge >= 0.3 is 6.03 Å². The van der Waals surface area contributed by atoms with Crippen LogP contribution < -0.4 is 11.1 Å². The highest BCUT2D eigenvalue weighted by molar-refractivity contribution is 6.30. The van der Waals surface area contributed by atoms with Crippen molar-refractivity contribution >= 4 is 23.5 Å². The van der Waals surface area contributed by atoms with Crippen LogP contribution in [0.3, 0.4) is 0 Å². The Morgan fingerprint density at radius 1 is 1.35 bits per heavy atom. The normalized spacial score (nSPS) is 16.2. The van der Waals surface area contributed by atoms with Crippen LogP contribution in [0.15, 0.2) is 24.3 Å². The summed E-state index contributed by atoms with van der Waals surface area (Å²) in [7, 11) is 0. The highest BCUT2D eigenvalue weighted by Crippen LogP contribution is 2.25. The monoisotopic (exact) mass is 337 g/mol. The summed E-state index contributed by atoms with van der Waals surface area (Å²) in [4.78, 5) is 25.2. The molecule has 1 aromatic carbocycles. The first-order valence-corrected chi connectivity index (χ1v) is 8.25. The molecule has 0 aromatic heterocycles. The van der Waals surface area contributed by atoms with Gasteiger partial charge in [-0.25, -0.2) is 4.79 Å². The molecule has 5 nitrogen and oxygen atoms in total. The van der Waals surface area contributed by atoms with Gasteiger partial charge in [0, 0.05) is 36.0 Å². The molecule has 0 saturated carbocycles. The third kappa shape index (κ3) is 4.61. The number of halogens is 1. The molecule has 1 fully saturated rings. The Morgan fingerprint density at radius 2 is 2.00 bits per heavy atom. The molecular weight excluding hydrogens is 314 g/mol. The van der Waals surface area contributed by atoms with Crippen molar-refractivity contribution in [2.24, 2.45) is 11.7 Å². The maximum atomic E-state index is 12.3. The summed E-state index contributed by atoms with van der Waals surface area (Å²) in [6.07, 6.45) is 1.28. The number of nitrogens with one attached hydrogen (secondary N) is 1. The smallest absolute Gasteiger partial charge is 0.317 e. The first-order chi connectivity index (χ1) is 10.8. The zero-order chi connectivity index (χ0) is 17.0. The number of carbonyl (C=O) groups excluding carboxylic acids is 2. The predicted octanol–water partition coefficient (Wildman–Crippen LogP) is 2.52. The number of benzene rings is 1. The van der Waals surface area contributed by atoms with Gasteiger partial charge in [-0.05, 0) is 30.5 Å². The molecule has 1 aliphatic heterocycles. The second-order valence-corrected chi connectivity index (χ2v) is 7.15. The predicted molar refractivity (Wildman–Crippen MR) is 91.4 cm³/mol. The van der Waals surface area contributed by atoms with Gasteiger partial charge in [0.15, 0.2) is 0 Å². The number of hydrogen-bond donors (Lipinski definition) is 2. The molecule has 0 aliphatic carbocycles. The Kier molecular flexibility index (Phi) is 5.52. The lowest BCUT2D eigenvalue weighted by Gasteiger charge is -2.32. The number of urea groups is 1. The molecule has 126 valence electrons. The maximum absolute atomic E-state index is 12.3. The summed E-state index contributed by atoms with van der Waals surface area (Å²) in [5.41, 5.74) is 6.18. The number of hydrogen-bond acceptors (Lipinski definition) is 2. The van der Waals surface area contributed by atoms with Gasteiger partial charge in [0.05, 0.1) is 0 Å². The minimum Gasteiger partial charge on any atom is -0.369 e. The third-order valence-corrected chi connectivity index (χ3v) is 4.71. The van der Waals surface area contributed by atoms with E-state index < -0.39 is 0 Å². The molecule has 6 heteroatoms. The summed E-state index contributed by atoms with van der Waals surface area (Å²) >= 11 is 6.04. The van der Waals surface area contributed by atoms with Crippen LogP contribution in [0.2, 0.25) is 5.02 Å². The number of nitrogens with two attached hydrogens (primary N) is 1. The van der Waals surface area contributed by atoms with E-state index in [1.807, 2.05) is 24.3 Å². The Hall–Kier alpha value is -1.75. The van der Waals surface area contributed by atoms with Crippen molar-refractivity contribution in [2.75, 3.05) is 19.6 Å². The molecule has 1 aliphatic rings. The summed E-state index contributed by atoms with van der Waals surface area (Å²) < 4.78 is 0. The number of rotatable bonds is 4. The second kappa shape index (κ2) is 7.21. The van der Waals surface area contributed by atoms with Crippen molar-refractivity contribution in [1.82, 2.24) is 10.2 Å². The Balaban J connectivity index is 1.88. The Morgan fingerprint density at radius 3 is 2.57 bits per heavy atom. The number of carbonyl (C=O) groups is 2. The van der Waals surface area contributed by atoms with E-state index in [-0.39, 0.29) is 23.3 Å². The maximum Gasteiger partial charge on any atom is 0.317 e. The Bertz CT molecular complexity index is 581. The van der Waals surface area contributed by atoms with Crippen LogP contribution in [-0.4, -0.2) is 36.5 Å². The van der Waals surface area contributed by atoms with Gasteiger partial charge in [0.25, 0.3) is 0 Å². The highest BCUT2D eigenvalue weighted by Gasteiger charge is 2.27.